The summed E-state index contributed by atoms with van der Waals surface area (Å²) in [5.74, 6) is 1.12. The molecule has 102 valence electrons. The third kappa shape index (κ3) is 4.03. The molecule has 19 heavy (non-hydrogen) atoms. The molecule has 0 saturated carbocycles. The number of hydrogen-bond donors (Lipinski definition) is 1. The van der Waals surface area contributed by atoms with Gasteiger partial charge < -0.3 is 9.73 Å². The Morgan fingerprint density at radius 2 is 2.16 bits per heavy atom. The molecule has 1 aromatic heterocycles. The maximum Gasteiger partial charge on any atom is 0.247 e. The maximum absolute atomic E-state index is 6.04. The average Bonchev–Trinajstić information content (AvgIpc) is 2.81. The van der Waals surface area contributed by atoms with Crippen LogP contribution in [-0.2, 0) is 6.42 Å². The summed E-state index contributed by atoms with van der Waals surface area (Å²) in [6.07, 6.45) is 0.718. The first-order valence-corrected chi connectivity index (χ1v) is 7.24. The molecule has 0 unspecified atom stereocenters. The van der Waals surface area contributed by atoms with Crippen LogP contribution in [0.1, 0.15) is 19.7 Å². The molecule has 0 radical (unpaired) electrons. The second kappa shape index (κ2) is 6.50. The van der Waals surface area contributed by atoms with Crippen LogP contribution in [0.25, 0.3) is 11.5 Å². The highest BCUT2D eigenvalue weighted by molar-refractivity contribution is 9.10. The van der Waals surface area contributed by atoms with E-state index in [2.05, 4.69) is 45.3 Å². The minimum Gasteiger partial charge on any atom is -0.421 e. The molecule has 0 amide bonds. The second-order valence-corrected chi connectivity index (χ2v) is 5.75. The number of nitrogens with one attached hydrogen (secondary N) is 1. The minimum atomic E-state index is 0.452. The lowest BCUT2D eigenvalue weighted by molar-refractivity contribution is 0.484. The number of aromatic nitrogens is 2. The Balaban J connectivity index is 2.05. The van der Waals surface area contributed by atoms with E-state index in [-0.39, 0.29) is 0 Å². The lowest BCUT2D eigenvalue weighted by Gasteiger charge is -2.04. The third-order valence-electron chi connectivity index (χ3n) is 2.52. The first-order valence-electron chi connectivity index (χ1n) is 6.07. The standard InChI is InChI=1S/C13H15BrClN3O/c1-8(2)16-6-5-12-17-18-13(19-12)9-3-4-10(14)11(15)7-9/h3-4,7-8,16H,5-6H2,1-2H3. The monoisotopic (exact) mass is 343 g/mol. The van der Waals surface area contributed by atoms with Crippen LogP contribution in [0.4, 0.5) is 0 Å². The summed E-state index contributed by atoms with van der Waals surface area (Å²) >= 11 is 9.39. The van der Waals surface area contributed by atoms with Crippen LogP contribution in [0.2, 0.25) is 5.02 Å². The minimum absolute atomic E-state index is 0.452. The van der Waals surface area contributed by atoms with Crippen LogP contribution < -0.4 is 5.32 Å². The summed E-state index contributed by atoms with van der Waals surface area (Å²) in [6.45, 7) is 5.02. The smallest absolute Gasteiger partial charge is 0.247 e. The summed E-state index contributed by atoms with van der Waals surface area (Å²) < 4.78 is 6.46. The normalized spacial score (nSPS) is 11.2. The highest BCUT2D eigenvalue weighted by atomic mass is 79.9. The molecule has 1 heterocycles. The Labute approximate surface area is 125 Å². The predicted molar refractivity (Wildman–Crippen MR) is 79.3 cm³/mol. The van der Waals surface area contributed by atoms with Gasteiger partial charge in [-0.05, 0) is 34.1 Å². The number of benzene rings is 1. The largest absolute Gasteiger partial charge is 0.421 e. The number of rotatable bonds is 5. The van der Waals surface area contributed by atoms with E-state index in [1.807, 2.05) is 12.1 Å². The van der Waals surface area contributed by atoms with Crippen molar-refractivity contribution in [1.29, 1.82) is 0 Å². The lowest BCUT2D eigenvalue weighted by Crippen LogP contribution is -2.25. The molecule has 6 heteroatoms. The van der Waals surface area contributed by atoms with Crippen LogP contribution in [0.3, 0.4) is 0 Å². The molecule has 4 nitrogen and oxygen atoms in total. The molecule has 1 N–H and O–H groups in total. The van der Waals surface area contributed by atoms with Gasteiger partial charge in [0.15, 0.2) is 0 Å². The van der Waals surface area contributed by atoms with Crippen molar-refractivity contribution >= 4 is 27.5 Å². The first kappa shape index (κ1) is 14.5. The molecule has 0 saturated heterocycles. The lowest BCUT2D eigenvalue weighted by atomic mass is 10.2. The van der Waals surface area contributed by atoms with Crippen LogP contribution in [-0.4, -0.2) is 22.8 Å². The first-order chi connectivity index (χ1) is 9.06. The number of nitrogens with zero attached hydrogens (tertiary/aromatic N) is 2. The van der Waals surface area contributed by atoms with E-state index in [4.69, 9.17) is 16.0 Å². The molecule has 0 fully saturated rings. The van der Waals surface area contributed by atoms with Gasteiger partial charge in [0.2, 0.25) is 11.8 Å². The Kier molecular flexibility index (Phi) is 4.96. The predicted octanol–water partition coefficient (Wildman–Crippen LogP) is 3.69. The molecule has 0 aliphatic carbocycles. The van der Waals surface area contributed by atoms with E-state index in [1.165, 1.54) is 0 Å². The van der Waals surface area contributed by atoms with Gasteiger partial charge in [0, 0.05) is 29.0 Å². The zero-order valence-corrected chi connectivity index (χ0v) is 13.1. The summed E-state index contributed by atoms with van der Waals surface area (Å²) in [5.41, 5.74) is 0.823. The van der Waals surface area contributed by atoms with E-state index >= 15 is 0 Å². The van der Waals surface area contributed by atoms with Crippen molar-refractivity contribution in [3.63, 3.8) is 0 Å². The van der Waals surface area contributed by atoms with E-state index in [1.54, 1.807) is 6.07 Å². The van der Waals surface area contributed by atoms with Crippen molar-refractivity contribution < 1.29 is 4.42 Å². The Morgan fingerprint density at radius 1 is 1.37 bits per heavy atom. The van der Waals surface area contributed by atoms with Crippen molar-refractivity contribution in [2.24, 2.45) is 0 Å². The molecule has 0 aliphatic heterocycles. The zero-order chi connectivity index (χ0) is 13.8. The van der Waals surface area contributed by atoms with Crippen LogP contribution in [0.15, 0.2) is 27.1 Å². The van der Waals surface area contributed by atoms with E-state index in [9.17, 15) is 0 Å². The number of halogens is 2. The van der Waals surface area contributed by atoms with Crippen molar-refractivity contribution in [3.05, 3.63) is 33.6 Å². The molecule has 0 bridgehead atoms. The van der Waals surface area contributed by atoms with Crippen LogP contribution in [0, 0.1) is 0 Å². The Morgan fingerprint density at radius 3 is 2.84 bits per heavy atom. The maximum atomic E-state index is 6.04. The van der Waals surface area contributed by atoms with Gasteiger partial charge in [0.1, 0.15) is 0 Å². The average molecular weight is 345 g/mol. The van der Waals surface area contributed by atoms with Gasteiger partial charge in [-0.2, -0.15) is 0 Å². The summed E-state index contributed by atoms with van der Waals surface area (Å²) in [6, 6.07) is 6.00. The van der Waals surface area contributed by atoms with Gasteiger partial charge in [0.05, 0.1) is 5.02 Å². The molecule has 0 spiro atoms. The molecule has 2 aromatic rings. The van der Waals surface area contributed by atoms with Gasteiger partial charge in [-0.3, -0.25) is 0 Å². The van der Waals surface area contributed by atoms with E-state index in [0.29, 0.717) is 22.8 Å². The fourth-order valence-corrected chi connectivity index (χ4v) is 2.00. The summed E-state index contributed by atoms with van der Waals surface area (Å²) in [4.78, 5) is 0. The van der Waals surface area contributed by atoms with Gasteiger partial charge in [0.25, 0.3) is 0 Å². The van der Waals surface area contributed by atoms with Crippen molar-refractivity contribution in [1.82, 2.24) is 15.5 Å². The summed E-state index contributed by atoms with van der Waals surface area (Å²) in [5, 5.41) is 12.0. The van der Waals surface area contributed by atoms with Gasteiger partial charge in [-0.25, -0.2) is 0 Å². The van der Waals surface area contributed by atoms with Crippen LogP contribution >= 0.6 is 27.5 Å². The molecule has 0 aliphatic rings. The highest BCUT2D eigenvalue weighted by Crippen LogP contribution is 2.28. The van der Waals surface area contributed by atoms with Gasteiger partial charge in [-0.15, -0.1) is 10.2 Å². The van der Waals surface area contributed by atoms with Gasteiger partial charge in [-0.1, -0.05) is 25.4 Å². The summed E-state index contributed by atoms with van der Waals surface area (Å²) in [7, 11) is 0. The third-order valence-corrected chi connectivity index (χ3v) is 3.76. The van der Waals surface area contributed by atoms with E-state index < -0.39 is 0 Å². The fourth-order valence-electron chi connectivity index (χ4n) is 1.57. The Hall–Kier alpha value is -0.910. The quantitative estimate of drug-likeness (QED) is 0.898. The SMILES string of the molecule is CC(C)NCCc1nnc(-c2ccc(Br)c(Cl)c2)o1. The second-order valence-electron chi connectivity index (χ2n) is 4.49. The highest BCUT2D eigenvalue weighted by Gasteiger charge is 2.10. The molecular weight excluding hydrogens is 330 g/mol. The molecule has 2 rings (SSSR count). The topological polar surface area (TPSA) is 51.0 Å². The number of hydrogen-bond acceptors (Lipinski definition) is 4. The van der Waals surface area contributed by atoms with Crippen molar-refractivity contribution in [2.45, 2.75) is 26.3 Å². The zero-order valence-electron chi connectivity index (χ0n) is 10.8. The van der Waals surface area contributed by atoms with Gasteiger partial charge >= 0.3 is 0 Å². The fraction of sp³-hybridized carbons (Fsp3) is 0.385. The Bertz CT molecular complexity index is 557. The molecule has 0 atom stereocenters. The molecular formula is C13H15BrClN3O. The molecule has 1 aromatic carbocycles. The van der Waals surface area contributed by atoms with E-state index in [0.717, 1.165) is 23.0 Å². The van der Waals surface area contributed by atoms with Crippen molar-refractivity contribution in [3.8, 4) is 11.5 Å². The van der Waals surface area contributed by atoms with Crippen LogP contribution in [0.5, 0.6) is 0 Å². The van der Waals surface area contributed by atoms with Crippen molar-refractivity contribution in [2.75, 3.05) is 6.54 Å².